The molecule has 1 rings (SSSR count). The Labute approximate surface area is 132 Å². The Morgan fingerprint density at radius 1 is 1.30 bits per heavy atom. The van der Waals surface area contributed by atoms with E-state index in [0.717, 1.165) is 32.2 Å². The first-order valence-corrected chi connectivity index (χ1v) is 6.26. The Kier molecular flexibility index (Phi) is 13.8. The molecule has 0 unspecified atom stereocenters. The van der Waals surface area contributed by atoms with Crippen molar-refractivity contribution in [1.82, 2.24) is 4.98 Å². The van der Waals surface area contributed by atoms with E-state index in [4.69, 9.17) is 10.5 Å². The molecule has 0 saturated carbocycles. The molecule has 20 heavy (non-hydrogen) atoms. The van der Waals surface area contributed by atoms with Gasteiger partial charge in [0, 0.05) is 18.7 Å². The van der Waals surface area contributed by atoms with Crippen LogP contribution in [0, 0.1) is 0 Å². The molecule has 1 aromatic rings. The number of nitrogens with two attached hydrogens (primary N) is 1. The van der Waals surface area contributed by atoms with E-state index in [-0.39, 0.29) is 30.7 Å². The van der Waals surface area contributed by atoms with Gasteiger partial charge in [0.25, 0.3) is 0 Å². The van der Waals surface area contributed by atoms with Crippen LogP contribution in [0.25, 0.3) is 0 Å². The van der Waals surface area contributed by atoms with E-state index in [1.54, 1.807) is 25.6 Å². The number of halogens is 2. The Morgan fingerprint density at radius 3 is 2.65 bits per heavy atom. The lowest BCUT2D eigenvalue weighted by atomic mass is 10.1. The van der Waals surface area contributed by atoms with E-state index >= 15 is 0 Å². The Morgan fingerprint density at radius 2 is 2.00 bits per heavy atom. The molecule has 116 valence electrons. The molecule has 0 bridgehead atoms. The second-order valence-electron chi connectivity index (χ2n) is 4.08. The maximum atomic E-state index is 11.7. The van der Waals surface area contributed by atoms with E-state index in [1.165, 1.54) is 0 Å². The normalized spacial score (nSPS) is 9.10. The second-order valence-corrected chi connectivity index (χ2v) is 4.08. The van der Waals surface area contributed by atoms with Crippen molar-refractivity contribution in [1.29, 1.82) is 0 Å². The number of ether oxygens (including phenoxy) is 1. The van der Waals surface area contributed by atoms with Gasteiger partial charge in [0.2, 0.25) is 5.91 Å². The number of amides is 1. The Hall–Kier alpha value is -1.04. The van der Waals surface area contributed by atoms with E-state index in [0.29, 0.717) is 17.9 Å². The van der Waals surface area contributed by atoms with Crippen molar-refractivity contribution in [3.63, 3.8) is 0 Å². The van der Waals surface area contributed by atoms with Gasteiger partial charge in [-0.1, -0.05) is 12.8 Å². The van der Waals surface area contributed by atoms with Crippen molar-refractivity contribution in [2.45, 2.75) is 32.1 Å². The lowest BCUT2D eigenvalue weighted by Crippen LogP contribution is -2.12. The van der Waals surface area contributed by atoms with Crippen molar-refractivity contribution in [2.24, 2.45) is 5.73 Å². The van der Waals surface area contributed by atoms with E-state index < -0.39 is 0 Å². The molecule has 1 amide bonds. The topological polar surface area (TPSA) is 77.2 Å². The van der Waals surface area contributed by atoms with Crippen molar-refractivity contribution in [2.75, 3.05) is 19.0 Å². The first-order chi connectivity index (χ1) is 8.77. The average Bonchev–Trinajstić information content (AvgIpc) is 2.39. The van der Waals surface area contributed by atoms with Gasteiger partial charge in [-0.05, 0) is 19.4 Å². The van der Waals surface area contributed by atoms with Crippen LogP contribution < -0.4 is 15.8 Å². The molecule has 0 aliphatic heterocycles. The Balaban J connectivity index is 0. The standard InChI is InChI=1S/C13H21N3O2.2ClH/c1-18-12-7-9-15-10-11(12)16-13(17)6-4-2-3-5-8-14;;/h7,9-10H,2-6,8,14H2,1H3,(H,16,17);2*1H. The molecule has 7 heteroatoms. The van der Waals surface area contributed by atoms with Gasteiger partial charge in [-0.2, -0.15) is 0 Å². The number of nitrogens with zero attached hydrogens (tertiary/aromatic N) is 1. The molecule has 0 aliphatic carbocycles. The van der Waals surface area contributed by atoms with Crippen molar-refractivity contribution >= 4 is 36.4 Å². The predicted molar refractivity (Wildman–Crippen MR) is 86.1 cm³/mol. The van der Waals surface area contributed by atoms with Gasteiger partial charge in [-0.15, -0.1) is 24.8 Å². The summed E-state index contributed by atoms with van der Waals surface area (Å²) >= 11 is 0. The fraction of sp³-hybridized carbons (Fsp3) is 0.538. The molecule has 3 N–H and O–H groups in total. The quantitative estimate of drug-likeness (QED) is 0.721. The van der Waals surface area contributed by atoms with Crippen LogP contribution in [0.4, 0.5) is 5.69 Å². The summed E-state index contributed by atoms with van der Waals surface area (Å²) in [5.41, 5.74) is 6.02. The van der Waals surface area contributed by atoms with Crippen LogP contribution in [0.15, 0.2) is 18.5 Å². The maximum absolute atomic E-state index is 11.7. The number of anilines is 1. The molecule has 0 atom stereocenters. The van der Waals surface area contributed by atoms with Gasteiger partial charge >= 0.3 is 0 Å². The first kappa shape index (κ1) is 21.3. The van der Waals surface area contributed by atoms with Crippen LogP contribution in [-0.2, 0) is 4.79 Å². The van der Waals surface area contributed by atoms with E-state index in [2.05, 4.69) is 10.3 Å². The van der Waals surface area contributed by atoms with Gasteiger partial charge in [0.1, 0.15) is 11.4 Å². The van der Waals surface area contributed by atoms with Crippen LogP contribution in [0.3, 0.4) is 0 Å². The van der Waals surface area contributed by atoms with Crippen LogP contribution in [0.1, 0.15) is 32.1 Å². The third-order valence-corrected chi connectivity index (χ3v) is 2.63. The number of carbonyl (C=O) groups is 1. The van der Waals surface area contributed by atoms with E-state index in [9.17, 15) is 4.79 Å². The first-order valence-electron chi connectivity index (χ1n) is 6.26. The van der Waals surface area contributed by atoms with Crippen LogP contribution in [0.2, 0.25) is 0 Å². The third kappa shape index (κ3) is 8.19. The second kappa shape index (κ2) is 13.0. The zero-order valence-corrected chi connectivity index (χ0v) is 13.3. The van der Waals surface area contributed by atoms with E-state index in [1.807, 2.05) is 0 Å². The highest BCUT2D eigenvalue weighted by Crippen LogP contribution is 2.21. The van der Waals surface area contributed by atoms with Crippen LogP contribution in [-0.4, -0.2) is 24.5 Å². The average molecular weight is 324 g/mol. The highest BCUT2D eigenvalue weighted by atomic mass is 35.5. The summed E-state index contributed by atoms with van der Waals surface area (Å²) in [6.07, 6.45) is 7.76. The largest absolute Gasteiger partial charge is 0.494 e. The molecule has 1 aromatic heterocycles. The molecule has 0 saturated heterocycles. The number of rotatable bonds is 8. The zero-order valence-electron chi connectivity index (χ0n) is 11.6. The lowest BCUT2D eigenvalue weighted by molar-refractivity contribution is -0.116. The van der Waals surface area contributed by atoms with Gasteiger partial charge < -0.3 is 15.8 Å². The summed E-state index contributed by atoms with van der Waals surface area (Å²) < 4.78 is 5.14. The van der Waals surface area contributed by atoms with Gasteiger partial charge in [-0.3, -0.25) is 9.78 Å². The minimum absolute atomic E-state index is 0. The van der Waals surface area contributed by atoms with Gasteiger partial charge in [0.15, 0.2) is 0 Å². The smallest absolute Gasteiger partial charge is 0.224 e. The maximum Gasteiger partial charge on any atom is 0.224 e. The summed E-state index contributed by atoms with van der Waals surface area (Å²) in [6, 6.07) is 1.72. The molecular formula is C13H23Cl2N3O2. The number of carbonyl (C=O) groups excluding carboxylic acids is 1. The Bertz CT molecular complexity index is 378. The summed E-state index contributed by atoms with van der Waals surface area (Å²) in [7, 11) is 1.57. The number of nitrogens with one attached hydrogen (secondary N) is 1. The number of hydrogen-bond acceptors (Lipinski definition) is 4. The van der Waals surface area contributed by atoms with Crippen molar-refractivity contribution < 1.29 is 9.53 Å². The zero-order chi connectivity index (χ0) is 13.2. The summed E-state index contributed by atoms with van der Waals surface area (Å²) in [6.45, 7) is 0.721. The van der Waals surface area contributed by atoms with Crippen LogP contribution in [0.5, 0.6) is 5.75 Å². The molecule has 0 spiro atoms. The number of methoxy groups -OCH3 is 1. The number of pyridine rings is 1. The fourth-order valence-electron chi connectivity index (χ4n) is 1.65. The highest BCUT2D eigenvalue weighted by molar-refractivity contribution is 5.91. The molecule has 5 nitrogen and oxygen atoms in total. The lowest BCUT2D eigenvalue weighted by Gasteiger charge is -2.08. The molecule has 0 fully saturated rings. The summed E-state index contributed by atoms with van der Waals surface area (Å²) in [5.74, 6) is 0.621. The minimum Gasteiger partial charge on any atom is -0.494 e. The monoisotopic (exact) mass is 323 g/mol. The molecule has 1 heterocycles. The number of hydrogen-bond donors (Lipinski definition) is 2. The summed E-state index contributed by atoms with van der Waals surface area (Å²) in [5, 5.41) is 2.80. The van der Waals surface area contributed by atoms with Crippen molar-refractivity contribution in [3.8, 4) is 5.75 Å². The minimum atomic E-state index is -0.00551. The molecule has 0 radical (unpaired) electrons. The number of unbranched alkanes of at least 4 members (excludes halogenated alkanes) is 3. The summed E-state index contributed by atoms with van der Waals surface area (Å²) in [4.78, 5) is 15.7. The van der Waals surface area contributed by atoms with Gasteiger partial charge in [-0.25, -0.2) is 0 Å². The van der Waals surface area contributed by atoms with Gasteiger partial charge in [0.05, 0.1) is 13.3 Å². The molecule has 0 aromatic carbocycles. The van der Waals surface area contributed by atoms with Crippen LogP contribution >= 0.6 is 24.8 Å². The third-order valence-electron chi connectivity index (χ3n) is 2.63. The number of aromatic nitrogens is 1. The fourth-order valence-corrected chi connectivity index (χ4v) is 1.65. The molecular weight excluding hydrogens is 301 g/mol. The SMILES string of the molecule is COc1ccncc1NC(=O)CCCCCCN.Cl.Cl. The predicted octanol–water partition coefficient (Wildman–Crippen LogP) is 2.78. The van der Waals surface area contributed by atoms with Crippen molar-refractivity contribution in [3.05, 3.63) is 18.5 Å². The molecule has 0 aliphatic rings. The highest BCUT2D eigenvalue weighted by Gasteiger charge is 2.06.